The van der Waals surface area contributed by atoms with Crippen LogP contribution in [0, 0.1) is 0 Å². The highest BCUT2D eigenvalue weighted by atomic mass is 35.5. The van der Waals surface area contributed by atoms with Crippen molar-refractivity contribution in [1.82, 2.24) is 9.38 Å². The average Bonchev–Trinajstić information content (AvgIpc) is 2.85. The van der Waals surface area contributed by atoms with Gasteiger partial charge in [0.25, 0.3) is 0 Å². The van der Waals surface area contributed by atoms with Crippen molar-refractivity contribution in [2.45, 2.75) is 6.18 Å². The van der Waals surface area contributed by atoms with Crippen molar-refractivity contribution in [3.8, 4) is 11.1 Å². The van der Waals surface area contributed by atoms with Crippen LogP contribution in [0.1, 0.15) is 5.69 Å². The van der Waals surface area contributed by atoms with Crippen molar-refractivity contribution >= 4 is 28.8 Å². The molecule has 0 saturated carbocycles. The second-order valence-electron chi connectivity index (χ2n) is 4.38. The smallest absolute Gasteiger partial charge is 0.294 e. The maximum absolute atomic E-state index is 13.1. The van der Waals surface area contributed by atoms with Crippen molar-refractivity contribution in [2.75, 3.05) is 0 Å². The number of benzene rings is 1. The van der Waals surface area contributed by atoms with Crippen LogP contribution in [0.15, 0.2) is 42.7 Å². The van der Waals surface area contributed by atoms with E-state index in [-0.39, 0.29) is 10.7 Å². The molecular formula is C14H7Cl2F3N2. The Labute approximate surface area is 127 Å². The third-order valence-corrected chi connectivity index (χ3v) is 3.58. The Hall–Kier alpha value is -1.72. The van der Waals surface area contributed by atoms with Crippen molar-refractivity contribution < 1.29 is 13.2 Å². The fourth-order valence-electron chi connectivity index (χ4n) is 2.17. The lowest BCUT2D eigenvalue weighted by atomic mass is 10.1. The number of pyridine rings is 1. The summed E-state index contributed by atoms with van der Waals surface area (Å²) in [5.41, 5.74) is 0.448. The molecule has 0 unspecified atom stereocenters. The zero-order valence-corrected chi connectivity index (χ0v) is 11.8. The third-order valence-electron chi connectivity index (χ3n) is 3.04. The zero-order valence-electron chi connectivity index (χ0n) is 10.3. The zero-order chi connectivity index (χ0) is 15.2. The normalized spacial score (nSPS) is 12.0. The topological polar surface area (TPSA) is 17.3 Å². The Morgan fingerprint density at radius 1 is 1.05 bits per heavy atom. The molecule has 0 radical (unpaired) electrons. The number of rotatable bonds is 1. The lowest BCUT2D eigenvalue weighted by Gasteiger charge is -2.14. The second kappa shape index (κ2) is 4.93. The van der Waals surface area contributed by atoms with Gasteiger partial charge in [0, 0.05) is 23.0 Å². The van der Waals surface area contributed by atoms with Crippen LogP contribution in [-0.4, -0.2) is 9.38 Å². The van der Waals surface area contributed by atoms with E-state index in [1.54, 1.807) is 24.3 Å². The summed E-state index contributed by atoms with van der Waals surface area (Å²) in [6, 6.07) is 7.99. The molecule has 21 heavy (non-hydrogen) atoms. The number of imidazole rings is 1. The minimum atomic E-state index is -4.56. The number of hydrogen-bond donors (Lipinski definition) is 0. The van der Waals surface area contributed by atoms with Gasteiger partial charge in [-0.15, -0.1) is 0 Å². The quantitative estimate of drug-likeness (QED) is 0.589. The summed E-state index contributed by atoms with van der Waals surface area (Å²) in [6.07, 6.45) is -2.02. The van der Waals surface area contributed by atoms with E-state index in [0.29, 0.717) is 16.1 Å². The molecule has 2 heterocycles. The first kappa shape index (κ1) is 14.2. The van der Waals surface area contributed by atoms with Gasteiger partial charge in [0.15, 0.2) is 0 Å². The van der Waals surface area contributed by atoms with Gasteiger partial charge in [-0.2, -0.15) is 13.2 Å². The molecule has 2 aromatic heterocycles. The average molecular weight is 331 g/mol. The van der Waals surface area contributed by atoms with Crippen molar-refractivity contribution in [3.63, 3.8) is 0 Å². The molecule has 0 saturated heterocycles. The van der Waals surface area contributed by atoms with Crippen LogP contribution in [-0.2, 0) is 6.18 Å². The molecule has 2 nitrogen and oxygen atoms in total. The molecule has 0 atom stereocenters. The summed E-state index contributed by atoms with van der Waals surface area (Å²) in [5, 5.41) is 0.161. The summed E-state index contributed by atoms with van der Waals surface area (Å²) in [4.78, 5) is 4.00. The van der Waals surface area contributed by atoms with E-state index in [1.165, 1.54) is 18.5 Å². The van der Waals surface area contributed by atoms with Crippen LogP contribution in [0.2, 0.25) is 10.0 Å². The molecule has 0 amide bonds. The predicted octanol–water partition coefficient (Wildman–Crippen LogP) is 5.33. The molecule has 0 aliphatic rings. The highest BCUT2D eigenvalue weighted by Crippen LogP contribution is 2.38. The van der Waals surface area contributed by atoms with E-state index in [0.717, 1.165) is 4.40 Å². The molecule has 108 valence electrons. The molecule has 1 aromatic carbocycles. The first-order chi connectivity index (χ1) is 9.88. The van der Waals surface area contributed by atoms with E-state index in [1.807, 2.05) is 0 Å². The first-order valence-electron chi connectivity index (χ1n) is 5.86. The van der Waals surface area contributed by atoms with Gasteiger partial charge in [-0.25, -0.2) is 4.98 Å². The lowest BCUT2D eigenvalue weighted by Crippen LogP contribution is -2.12. The second-order valence-corrected chi connectivity index (χ2v) is 5.22. The van der Waals surface area contributed by atoms with Crippen molar-refractivity contribution in [1.29, 1.82) is 0 Å². The van der Waals surface area contributed by atoms with Gasteiger partial charge in [0.05, 0.1) is 5.02 Å². The van der Waals surface area contributed by atoms with Gasteiger partial charge in [-0.1, -0.05) is 35.3 Å². The van der Waals surface area contributed by atoms with Crippen LogP contribution >= 0.6 is 23.2 Å². The Balaban J connectivity index is 2.32. The number of aromatic nitrogens is 2. The molecule has 0 N–H and O–H groups in total. The van der Waals surface area contributed by atoms with E-state index in [4.69, 9.17) is 23.2 Å². The molecule has 0 bridgehead atoms. The first-order valence-corrected chi connectivity index (χ1v) is 6.62. The predicted molar refractivity (Wildman–Crippen MR) is 75.7 cm³/mol. The summed E-state index contributed by atoms with van der Waals surface area (Å²) in [6.45, 7) is 0. The fourth-order valence-corrected chi connectivity index (χ4v) is 2.61. The Bertz CT molecular complexity index is 807. The van der Waals surface area contributed by atoms with E-state index < -0.39 is 11.9 Å². The maximum Gasteiger partial charge on any atom is 0.433 e. The van der Waals surface area contributed by atoms with Crippen LogP contribution in [0.5, 0.6) is 0 Å². The van der Waals surface area contributed by atoms with Gasteiger partial charge in [-0.05, 0) is 23.8 Å². The molecule has 7 heteroatoms. The summed E-state index contributed by atoms with van der Waals surface area (Å²) in [7, 11) is 0. The fraction of sp³-hybridized carbons (Fsp3) is 0.0714. The van der Waals surface area contributed by atoms with Crippen LogP contribution in [0.3, 0.4) is 0 Å². The van der Waals surface area contributed by atoms with E-state index >= 15 is 0 Å². The van der Waals surface area contributed by atoms with Gasteiger partial charge < -0.3 is 0 Å². The summed E-state index contributed by atoms with van der Waals surface area (Å²) in [5.74, 6) is 0. The number of hydrogen-bond acceptors (Lipinski definition) is 1. The van der Waals surface area contributed by atoms with E-state index in [2.05, 4.69) is 4.98 Å². The highest BCUT2D eigenvalue weighted by Gasteiger charge is 2.36. The standard InChI is InChI=1S/C14H7Cl2F3N2/c15-9-3-1-8(2-4-9)10-7-11(16)12(14(17,18)19)21-6-5-20-13(10)21/h1-7H. The Morgan fingerprint density at radius 3 is 2.33 bits per heavy atom. The van der Waals surface area contributed by atoms with Gasteiger partial charge in [0.2, 0.25) is 0 Å². The van der Waals surface area contributed by atoms with Gasteiger partial charge >= 0.3 is 6.18 Å². The monoisotopic (exact) mass is 330 g/mol. The maximum atomic E-state index is 13.1. The third kappa shape index (κ3) is 2.47. The molecular weight excluding hydrogens is 324 g/mol. The Morgan fingerprint density at radius 2 is 1.71 bits per heavy atom. The highest BCUT2D eigenvalue weighted by molar-refractivity contribution is 6.32. The summed E-state index contributed by atoms with van der Waals surface area (Å²) < 4.78 is 40.2. The molecule has 3 rings (SSSR count). The van der Waals surface area contributed by atoms with Gasteiger partial charge in [-0.3, -0.25) is 4.40 Å². The molecule has 0 aliphatic heterocycles. The van der Waals surface area contributed by atoms with Crippen LogP contribution in [0.25, 0.3) is 16.8 Å². The Kier molecular flexibility index (Phi) is 3.34. The van der Waals surface area contributed by atoms with Crippen molar-refractivity contribution in [2.24, 2.45) is 0 Å². The van der Waals surface area contributed by atoms with Crippen LogP contribution in [0.4, 0.5) is 13.2 Å². The van der Waals surface area contributed by atoms with Crippen LogP contribution < -0.4 is 0 Å². The molecule has 0 aliphatic carbocycles. The number of alkyl halides is 3. The number of halogens is 5. The lowest BCUT2D eigenvalue weighted by molar-refractivity contribution is -0.141. The SMILES string of the molecule is FC(F)(F)c1c(Cl)cc(-c2ccc(Cl)cc2)c2nccn12. The number of fused-ring (bicyclic) bond motifs is 1. The van der Waals surface area contributed by atoms with E-state index in [9.17, 15) is 13.2 Å². The molecule has 0 fully saturated rings. The molecule has 3 aromatic rings. The van der Waals surface area contributed by atoms with Gasteiger partial charge in [0.1, 0.15) is 11.3 Å². The molecule has 0 spiro atoms. The minimum Gasteiger partial charge on any atom is -0.294 e. The van der Waals surface area contributed by atoms with Crippen molar-refractivity contribution in [3.05, 3.63) is 58.5 Å². The largest absolute Gasteiger partial charge is 0.433 e. The number of nitrogens with zero attached hydrogens (tertiary/aromatic N) is 2. The minimum absolute atomic E-state index is 0.189. The summed E-state index contributed by atoms with van der Waals surface area (Å²) >= 11 is 11.7.